The fraction of sp³-hybridized carbons (Fsp3) is 0.542. The molecule has 2 bridgehead atoms. The van der Waals surface area contributed by atoms with Crippen LogP contribution in [0.5, 0.6) is 11.8 Å². The maximum absolute atomic E-state index is 13.9. The third-order valence-electron chi connectivity index (χ3n) is 6.92. The Hall–Kier alpha value is -2.69. The van der Waals surface area contributed by atoms with Crippen molar-refractivity contribution in [2.24, 2.45) is 17.8 Å². The highest BCUT2D eigenvalue weighted by Gasteiger charge is 2.43. The molecule has 1 unspecified atom stereocenters. The first kappa shape index (κ1) is 24.0. The molecule has 0 amide bonds. The highest BCUT2D eigenvalue weighted by molar-refractivity contribution is 7.10. The second-order valence-corrected chi connectivity index (χ2v) is 10.6. The number of benzene rings is 1. The lowest BCUT2D eigenvalue weighted by atomic mass is 9.82. The van der Waals surface area contributed by atoms with Crippen LogP contribution in [0.2, 0.25) is 0 Å². The van der Waals surface area contributed by atoms with Crippen molar-refractivity contribution in [3.8, 4) is 11.8 Å². The van der Waals surface area contributed by atoms with E-state index in [1.54, 1.807) is 16.2 Å². The zero-order chi connectivity index (χ0) is 24.9. The third-order valence-corrected chi connectivity index (χ3v) is 7.86. The zero-order valence-electron chi connectivity index (χ0n) is 19.7. The van der Waals surface area contributed by atoms with Gasteiger partial charge in [-0.25, -0.2) is 9.07 Å². The number of piperidine rings is 1. The molecule has 0 radical (unpaired) electrons. The summed E-state index contributed by atoms with van der Waals surface area (Å²) in [7, 11) is 0. The average Bonchev–Trinajstić information content (AvgIpc) is 3.43. The molecule has 1 aliphatic heterocycles. The number of alkyl halides is 3. The van der Waals surface area contributed by atoms with Gasteiger partial charge in [0.2, 0.25) is 0 Å². The minimum absolute atomic E-state index is 0.0682. The first-order valence-corrected chi connectivity index (χ1v) is 12.5. The van der Waals surface area contributed by atoms with E-state index < -0.39 is 17.6 Å². The van der Waals surface area contributed by atoms with Gasteiger partial charge in [0.15, 0.2) is 5.82 Å². The number of nitrogens with zero attached hydrogens (tertiary/aromatic N) is 5. The van der Waals surface area contributed by atoms with Crippen molar-refractivity contribution in [3.05, 3.63) is 47.2 Å². The number of anilines is 1. The van der Waals surface area contributed by atoms with Crippen LogP contribution in [0.3, 0.4) is 0 Å². The Balaban J connectivity index is 1.34. The third kappa shape index (κ3) is 5.00. The maximum atomic E-state index is 13.9. The summed E-state index contributed by atoms with van der Waals surface area (Å²) in [6.07, 6.45) is -1.69. The van der Waals surface area contributed by atoms with Crippen LogP contribution in [0.4, 0.5) is 22.6 Å². The van der Waals surface area contributed by atoms with Crippen molar-refractivity contribution < 1.29 is 22.3 Å². The van der Waals surface area contributed by atoms with E-state index >= 15 is 0 Å². The van der Waals surface area contributed by atoms with Gasteiger partial charge in [-0.05, 0) is 81.1 Å². The summed E-state index contributed by atoms with van der Waals surface area (Å²) in [5, 5.41) is 5.83. The van der Waals surface area contributed by atoms with Crippen LogP contribution in [0.15, 0.2) is 24.3 Å². The molecule has 5 rings (SSSR count). The molecule has 0 N–H and O–H groups in total. The first-order valence-electron chi connectivity index (χ1n) is 11.8. The summed E-state index contributed by atoms with van der Waals surface area (Å²) < 4.78 is 64.8. The Labute approximate surface area is 205 Å². The van der Waals surface area contributed by atoms with E-state index in [0.717, 1.165) is 43.8 Å². The highest BCUT2D eigenvalue weighted by atomic mass is 32.1. The van der Waals surface area contributed by atoms with Gasteiger partial charge in [-0.3, -0.25) is 0 Å². The van der Waals surface area contributed by atoms with Gasteiger partial charge in [0.25, 0.3) is 0 Å². The van der Waals surface area contributed by atoms with E-state index in [1.165, 1.54) is 5.00 Å². The number of fused-ring (bicyclic) bond motifs is 2. The second-order valence-electron chi connectivity index (χ2n) is 9.80. The number of hydrogen-bond donors (Lipinski definition) is 0. The van der Waals surface area contributed by atoms with Crippen LogP contribution in [0.25, 0.3) is 0 Å². The van der Waals surface area contributed by atoms with Crippen LogP contribution < -0.4 is 9.64 Å². The van der Waals surface area contributed by atoms with Crippen molar-refractivity contribution in [3.63, 3.8) is 0 Å². The van der Waals surface area contributed by atoms with Gasteiger partial charge in [0, 0.05) is 25.6 Å². The molecule has 3 heterocycles. The number of rotatable bonds is 6. The van der Waals surface area contributed by atoms with Crippen molar-refractivity contribution in [2.75, 3.05) is 18.0 Å². The van der Waals surface area contributed by atoms with Crippen LogP contribution in [-0.4, -0.2) is 32.2 Å². The number of aryl methyl sites for hydroxylation is 1. The Morgan fingerprint density at radius 2 is 1.83 bits per heavy atom. The van der Waals surface area contributed by atoms with E-state index in [1.807, 2.05) is 20.8 Å². The molecule has 188 valence electrons. The molecule has 0 spiro atoms. The lowest BCUT2D eigenvalue weighted by molar-refractivity contribution is -0.137. The summed E-state index contributed by atoms with van der Waals surface area (Å²) in [5.41, 5.74) is -0.0705. The van der Waals surface area contributed by atoms with Gasteiger partial charge >= 0.3 is 12.2 Å². The molecule has 35 heavy (non-hydrogen) atoms. The Morgan fingerprint density at radius 3 is 2.43 bits per heavy atom. The molecule has 1 saturated heterocycles. The van der Waals surface area contributed by atoms with Gasteiger partial charge in [-0.1, -0.05) is 0 Å². The lowest BCUT2D eigenvalue weighted by Gasteiger charge is -2.38. The van der Waals surface area contributed by atoms with Crippen molar-refractivity contribution in [2.45, 2.75) is 52.3 Å². The number of halogens is 4. The SMILES string of the molecule is Cc1cc(N2C[C@H]3CC[C@@H](C2)C3Cc2nc(Oc3cc(F)cc(C(F)(F)F)c3)n(C(C)C)n2)sn1. The van der Waals surface area contributed by atoms with Crippen molar-refractivity contribution in [1.29, 1.82) is 0 Å². The molecule has 2 fully saturated rings. The number of hydrogen-bond acceptors (Lipinski definition) is 6. The standard InChI is InChI=1S/C24H27F4N5OS/c1-13(2)33-23(34-19-8-17(24(26,27)28)7-18(25)9-19)29-21(30-33)10-20-15-4-5-16(20)12-32(11-15)22-6-14(3)31-35-22/h6-9,13,15-16,20H,4-5,10-12H2,1-3H3/t15-,16+,20?. The van der Waals surface area contributed by atoms with E-state index in [0.29, 0.717) is 36.1 Å². The van der Waals surface area contributed by atoms with Gasteiger partial charge in [-0.2, -0.15) is 27.6 Å². The van der Waals surface area contributed by atoms with E-state index in [4.69, 9.17) is 4.74 Å². The summed E-state index contributed by atoms with van der Waals surface area (Å²) in [6, 6.07) is 4.22. The molecule has 3 atom stereocenters. The van der Waals surface area contributed by atoms with Gasteiger partial charge < -0.3 is 9.64 Å². The minimum atomic E-state index is -4.68. The summed E-state index contributed by atoms with van der Waals surface area (Å²) >= 11 is 1.54. The number of aromatic nitrogens is 4. The predicted molar refractivity (Wildman–Crippen MR) is 124 cm³/mol. The molecule has 1 aliphatic carbocycles. The van der Waals surface area contributed by atoms with Gasteiger partial charge in [-0.15, -0.1) is 0 Å². The van der Waals surface area contributed by atoms with Crippen LogP contribution in [0.1, 0.15) is 49.8 Å². The van der Waals surface area contributed by atoms with Crippen molar-refractivity contribution in [1.82, 2.24) is 19.1 Å². The van der Waals surface area contributed by atoms with E-state index in [2.05, 4.69) is 25.4 Å². The normalized spacial score (nSPS) is 22.3. The Bertz CT molecular complexity index is 1190. The quantitative estimate of drug-likeness (QED) is 0.366. The topological polar surface area (TPSA) is 56.1 Å². The molecule has 1 aromatic carbocycles. The monoisotopic (exact) mass is 509 g/mol. The first-order chi connectivity index (χ1) is 16.6. The molecule has 6 nitrogen and oxygen atoms in total. The molecule has 2 aliphatic rings. The zero-order valence-corrected chi connectivity index (χ0v) is 20.5. The molecule has 3 aromatic rings. The minimum Gasteiger partial charge on any atom is -0.424 e. The van der Waals surface area contributed by atoms with Gasteiger partial charge in [0.05, 0.1) is 17.3 Å². The Kier molecular flexibility index (Phi) is 6.23. The lowest BCUT2D eigenvalue weighted by Crippen LogP contribution is -2.42. The largest absolute Gasteiger partial charge is 0.424 e. The Morgan fingerprint density at radius 1 is 1.11 bits per heavy atom. The fourth-order valence-corrected chi connectivity index (χ4v) is 6.07. The molecular formula is C24H27F4N5OS. The summed E-state index contributed by atoms with van der Waals surface area (Å²) in [4.78, 5) is 6.95. The second kappa shape index (κ2) is 9.07. The maximum Gasteiger partial charge on any atom is 0.416 e. The number of ether oxygens (including phenoxy) is 1. The molecule has 11 heteroatoms. The molecular weight excluding hydrogens is 482 g/mol. The summed E-state index contributed by atoms with van der Waals surface area (Å²) in [5.74, 6) is 0.789. The van der Waals surface area contributed by atoms with E-state index in [-0.39, 0.29) is 17.8 Å². The van der Waals surface area contributed by atoms with Gasteiger partial charge in [0.1, 0.15) is 16.6 Å². The highest BCUT2D eigenvalue weighted by Crippen LogP contribution is 2.45. The summed E-state index contributed by atoms with van der Waals surface area (Å²) in [6.45, 7) is 7.72. The molecule has 2 aromatic heterocycles. The average molecular weight is 510 g/mol. The van der Waals surface area contributed by atoms with E-state index in [9.17, 15) is 17.6 Å². The predicted octanol–water partition coefficient (Wildman–Crippen LogP) is 6.28. The van der Waals surface area contributed by atoms with Crippen LogP contribution >= 0.6 is 11.5 Å². The molecule has 1 saturated carbocycles. The van der Waals surface area contributed by atoms with Crippen molar-refractivity contribution >= 4 is 16.5 Å². The fourth-order valence-electron chi connectivity index (χ4n) is 5.29. The van der Waals surface area contributed by atoms with Crippen LogP contribution in [-0.2, 0) is 12.6 Å². The van der Waals surface area contributed by atoms with Crippen LogP contribution in [0, 0.1) is 30.5 Å². The smallest absolute Gasteiger partial charge is 0.416 e.